The minimum Gasteiger partial charge on any atom is -0.397 e. The highest BCUT2D eigenvalue weighted by molar-refractivity contribution is 6.01. The molecular weight excluding hydrogens is 190 g/mol. The standard InChI is InChI=1S/C11H14N3O/c1-11(2,3)10(15)7-4-5-9(14-13)8(12)6-7/h4-6H,12H2,1-3H3. The highest BCUT2D eigenvalue weighted by atomic mass is 16.1. The molecule has 4 heteroatoms. The van der Waals surface area contributed by atoms with Gasteiger partial charge in [0, 0.05) is 11.0 Å². The van der Waals surface area contributed by atoms with E-state index in [-0.39, 0.29) is 11.5 Å². The summed E-state index contributed by atoms with van der Waals surface area (Å²) in [4.78, 5) is 11.9. The van der Waals surface area contributed by atoms with Gasteiger partial charge in [0.15, 0.2) is 5.78 Å². The van der Waals surface area contributed by atoms with Gasteiger partial charge in [-0.15, -0.1) is 5.11 Å². The number of rotatable bonds is 2. The molecule has 0 heterocycles. The van der Waals surface area contributed by atoms with E-state index < -0.39 is 5.41 Å². The van der Waals surface area contributed by atoms with Gasteiger partial charge in [0.2, 0.25) is 0 Å². The fourth-order valence-corrected chi connectivity index (χ4v) is 1.22. The largest absolute Gasteiger partial charge is 0.397 e. The smallest absolute Gasteiger partial charge is 0.168 e. The van der Waals surface area contributed by atoms with Crippen molar-refractivity contribution >= 4 is 17.2 Å². The monoisotopic (exact) mass is 204 g/mol. The van der Waals surface area contributed by atoms with Crippen LogP contribution in [-0.2, 0) is 0 Å². The third kappa shape index (κ3) is 2.40. The minimum absolute atomic E-state index is 0.0127. The molecular formula is C11H14N3O. The van der Waals surface area contributed by atoms with E-state index in [0.29, 0.717) is 11.3 Å². The maximum absolute atomic E-state index is 11.9. The molecule has 0 atom stereocenters. The van der Waals surface area contributed by atoms with Gasteiger partial charge in [-0.2, -0.15) is 0 Å². The fraction of sp³-hybridized carbons (Fsp3) is 0.364. The molecule has 0 aliphatic heterocycles. The van der Waals surface area contributed by atoms with E-state index in [1.165, 1.54) is 12.1 Å². The Hall–Kier alpha value is -1.71. The second-order valence-corrected chi connectivity index (χ2v) is 4.45. The zero-order chi connectivity index (χ0) is 11.6. The van der Waals surface area contributed by atoms with Crippen LogP contribution in [0.5, 0.6) is 0 Å². The lowest BCUT2D eigenvalue weighted by atomic mass is 9.86. The molecule has 0 spiro atoms. The van der Waals surface area contributed by atoms with Crippen LogP contribution in [-0.4, -0.2) is 5.78 Å². The van der Waals surface area contributed by atoms with Gasteiger partial charge in [-0.3, -0.25) is 4.79 Å². The number of carbonyl (C=O) groups excluding carboxylic acids is 1. The summed E-state index contributed by atoms with van der Waals surface area (Å²) in [5.74, 6) is 0.0127. The lowest BCUT2D eigenvalue weighted by molar-refractivity contribution is 0.0858. The number of carbonyl (C=O) groups is 1. The van der Waals surface area contributed by atoms with Gasteiger partial charge in [-0.25, -0.2) is 0 Å². The number of nitrogens with two attached hydrogens (primary N) is 1. The molecule has 15 heavy (non-hydrogen) atoms. The van der Waals surface area contributed by atoms with Crippen molar-refractivity contribution < 1.29 is 4.79 Å². The van der Waals surface area contributed by atoms with Gasteiger partial charge >= 0.3 is 0 Å². The molecule has 0 unspecified atom stereocenters. The number of nitrogens with zero attached hydrogens (tertiary/aromatic N) is 2. The first-order valence-corrected chi connectivity index (χ1v) is 4.65. The van der Waals surface area contributed by atoms with Crippen LogP contribution in [0, 0.1) is 5.41 Å². The van der Waals surface area contributed by atoms with Crippen molar-refractivity contribution in [3.8, 4) is 0 Å². The van der Waals surface area contributed by atoms with Gasteiger partial charge in [0.1, 0.15) is 5.69 Å². The van der Waals surface area contributed by atoms with E-state index in [0.717, 1.165) is 0 Å². The van der Waals surface area contributed by atoms with Crippen molar-refractivity contribution in [2.45, 2.75) is 20.8 Å². The van der Waals surface area contributed by atoms with E-state index in [1.54, 1.807) is 6.07 Å². The Morgan fingerprint density at radius 3 is 2.40 bits per heavy atom. The van der Waals surface area contributed by atoms with E-state index in [2.05, 4.69) is 5.11 Å². The molecule has 0 aromatic heterocycles. The third-order valence-electron chi connectivity index (χ3n) is 2.08. The number of benzene rings is 1. The van der Waals surface area contributed by atoms with Crippen LogP contribution in [0.1, 0.15) is 31.1 Å². The van der Waals surface area contributed by atoms with Gasteiger partial charge in [-0.1, -0.05) is 20.8 Å². The Bertz CT molecular complexity index is 405. The summed E-state index contributed by atoms with van der Waals surface area (Å²) in [5.41, 5.74) is 14.8. The molecule has 0 aliphatic carbocycles. The van der Waals surface area contributed by atoms with Gasteiger partial charge in [0.25, 0.3) is 0 Å². The number of hydrogen-bond donors (Lipinski definition) is 1. The molecule has 79 valence electrons. The van der Waals surface area contributed by atoms with Crippen molar-refractivity contribution in [2.75, 3.05) is 5.73 Å². The van der Waals surface area contributed by atoms with Crippen molar-refractivity contribution in [1.82, 2.24) is 5.53 Å². The molecule has 0 bridgehead atoms. The SMILES string of the molecule is CC(C)(C)C(=O)c1ccc(N=[N])c(N)c1. The predicted octanol–water partition coefficient (Wildman–Crippen LogP) is 2.38. The summed E-state index contributed by atoms with van der Waals surface area (Å²) in [7, 11) is 0. The van der Waals surface area contributed by atoms with Crippen LogP contribution >= 0.6 is 0 Å². The Balaban J connectivity index is 3.14. The summed E-state index contributed by atoms with van der Waals surface area (Å²) >= 11 is 0. The lowest BCUT2D eigenvalue weighted by Gasteiger charge is -2.16. The number of ketones is 1. The number of Topliss-reactive ketones (excluding diaryl/α,β-unsaturated/α-hetero) is 1. The molecule has 0 aliphatic rings. The molecule has 1 rings (SSSR count). The fourth-order valence-electron chi connectivity index (χ4n) is 1.22. The first-order chi connectivity index (χ1) is 6.86. The van der Waals surface area contributed by atoms with Crippen LogP contribution in [0.2, 0.25) is 0 Å². The van der Waals surface area contributed by atoms with Crippen LogP contribution in [0.4, 0.5) is 11.4 Å². The lowest BCUT2D eigenvalue weighted by Crippen LogP contribution is -2.20. The van der Waals surface area contributed by atoms with Crippen molar-refractivity contribution in [3.05, 3.63) is 23.8 Å². The first kappa shape index (κ1) is 11.4. The quantitative estimate of drug-likeness (QED) is 0.456. The zero-order valence-electron chi connectivity index (χ0n) is 9.11. The Labute approximate surface area is 89.0 Å². The molecule has 0 amide bonds. The van der Waals surface area contributed by atoms with Crippen LogP contribution in [0.25, 0.3) is 0 Å². The van der Waals surface area contributed by atoms with Crippen LogP contribution in [0.15, 0.2) is 23.3 Å². The van der Waals surface area contributed by atoms with E-state index in [4.69, 9.17) is 11.3 Å². The first-order valence-electron chi connectivity index (χ1n) is 4.65. The Morgan fingerprint density at radius 2 is 2.00 bits per heavy atom. The predicted molar refractivity (Wildman–Crippen MR) is 58.9 cm³/mol. The van der Waals surface area contributed by atoms with Crippen molar-refractivity contribution in [1.29, 1.82) is 0 Å². The van der Waals surface area contributed by atoms with Crippen molar-refractivity contribution in [3.63, 3.8) is 0 Å². The third-order valence-corrected chi connectivity index (χ3v) is 2.08. The number of nitrogen functional groups attached to an aromatic ring is 1. The molecule has 0 saturated heterocycles. The Morgan fingerprint density at radius 1 is 1.40 bits per heavy atom. The summed E-state index contributed by atoms with van der Waals surface area (Å²) in [5, 5.41) is 3.00. The summed E-state index contributed by atoms with van der Waals surface area (Å²) in [6.45, 7) is 5.53. The second-order valence-electron chi connectivity index (χ2n) is 4.45. The summed E-state index contributed by atoms with van der Waals surface area (Å²) < 4.78 is 0. The average molecular weight is 204 g/mol. The summed E-state index contributed by atoms with van der Waals surface area (Å²) in [6.07, 6.45) is 0. The highest BCUT2D eigenvalue weighted by Crippen LogP contribution is 2.26. The molecule has 0 saturated carbocycles. The second kappa shape index (κ2) is 3.81. The van der Waals surface area contributed by atoms with E-state index in [1.807, 2.05) is 20.8 Å². The summed E-state index contributed by atoms with van der Waals surface area (Å²) in [6, 6.07) is 4.66. The molecule has 1 aromatic carbocycles. The number of anilines is 1. The van der Waals surface area contributed by atoms with Crippen LogP contribution in [0.3, 0.4) is 0 Å². The van der Waals surface area contributed by atoms with E-state index >= 15 is 0 Å². The average Bonchev–Trinajstić information content (AvgIpc) is 2.15. The minimum atomic E-state index is -0.440. The topological polar surface area (TPSA) is 77.8 Å². The highest BCUT2D eigenvalue weighted by Gasteiger charge is 2.23. The van der Waals surface area contributed by atoms with Gasteiger partial charge < -0.3 is 5.73 Å². The maximum atomic E-state index is 11.9. The van der Waals surface area contributed by atoms with Crippen molar-refractivity contribution in [2.24, 2.45) is 10.5 Å². The van der Waals surface area contributed by atoms with Crippen LogP contribution < -0.4 is 11.3 Å². The zero-order valence-corrected chi connectivity index (χ0v) is 9.11. The molecule has 2 N–H and O–H groups in total. The van der Waals surface area contributed by atoms with Gasteiger partial charge in [-0.05, 0) is 23.7 Å². The Kier molecular flexibility index (Phi) is 2.88. The molecule has 0 fully saturated rings. The van der Waals surface area contributed by atoms with Gasteiger partial charge in [0.05, 0.1) is 5.69 Å². The van der Waals surface area contributed by atoms with E-state index in [9.17, 15) is 4.79 Å². The molecule has 1 aromatic rings. The molecule has 4 nitrogen and oxygen atoms in total. The normalized spacial score (nSPS) is 11.1. The maximum Gasteiger partial charge on any atom is 0.168 e. The molecule has 1 radical (unpaired) electrons. The number of hydrogen-bond acceptors (Lipinski definition) is 3.